The summed E-state index contributed by atoms with van der Waals surface area (Å²) >= 11 is 0. The van der Waals surface area contributed by atoms with Crippen LogP contribution < -0.4 is 10.2 Å². The molecule has 2 aromatic rings. The zero-order valence-corrected chi connectivity index (χ0v) is 14.4. The average molecular weight is 330 g/mol. The predicted octanol–water partition coefficient (Wildman–Crippen LogP) is 1.04. The van der Waals surface area contributed by atoms with Gasteiger partial charge in [0, 0.05) is 43.1 Å². The molecule has 1 fully saturated rings. The topological polar surface area (TPSA) is 79.1 Å². The maximum absolute atomic E-state index is 9.12. The number of rotatable bonds is 6. The molecule has 3 heterocycles. The second-order valence-corrected chi connectivity index (χ2v) is 6.34. The van der Waals surface area contributed by atoms with Crippen LogP contribution in [0, 0.1) is 13.8 Å². The van der Waals surface area contributed by atoms with Gasteiger partial charge in [-0.2, -0.15) is 10.2 Å². The van der Waals surface area contributed by atoms with E-state index < -0.39 is 0 Å². The summed E-state index contributed by atoms with van der Waals surface area (Å²) in [5.41, 5.74) is 3.41. The second kappa shape index (κ2) is 7.72. The van der Waals surface area contributed by atoms with Crippen molar-refractivity contribution in [1.29, 1.82) is 0 Å². The molecule has 1 aliphatic heterocycles. The van der Waals surface area contributed by atoms with Crippen LogP contribution in [0.2, 0.25) is 0 Å². The van der Waals surface area contributed by atoms with Crippen molar-refractivity contribution in [2.24, 2.45) is 0 Å². The fraction of sp³-hybridized carbons (Fsp3) is 0.588. The third-order valence-electron chi connectivity index (χ3n) is 4.71. The van der Waals surface area contributed by atoms with Crippen molar-refractivity contribution in [1.82, 2.24) is 25.3 Å². The van der Waals surface area contributed by atoms with E-state index in [-0.39, 0.29) is 6.61 Å². The Morgan fingerprint density at radius 1 is 1.38 bits per heavy atom. The summed E-state index contributed by atoms with van der Waals surface area (Å²) in [7, 11) is 0. The minimum absolute atomic E-state index is 0.116. The fourth-order valence-electron chi connectivity index (χ4n) is 3.36. The highest BCUT2D eigenvalue weighted by atomic mass is 16.3. The Morgan fingerprint density at radius 3 is 3.00 bits per heavy atom. The number of aromatic nitrogens is 4. The number of aliphatic hydroxyl groups is 1. The quantitative estimate of drug-likeness (QED) is 0.824. The highest BCUT2D eigenvalue weighted by Gasteiger charge is 2.21. The number of hydrogen-bond donors (Lipinski definition) is 2. The maximum Gasteiger partial charge on any atom is 0.151 e. The van der Waals surface area contributed by atoms with Crippen molar-refractivity contribution in [3.05, 3.63) is 35.3 Å². The van der Waals surface area contributed by atoms with Crippen molar-refractivity contribution < 1.29 is 5.11 Å². The summed E-state index contributed by atoms with van der Waals surface area (Å²) in [5.74, 6) is 0.951. The molecule has 0 bridgehead atoms. The van der Waals surface area contributed by atoms with Crippen molar-refractivity contribution >= 4 is 5.82 Å². The molecule has 0 aliphatic carbocycles. The van der Waals surface area contributed by atoms with Crippen LogP contribution in [0.4, 0.5) is 5.82 Å². The van der Waals surface area contributed by atoms with E-state index in [2.05, 4.69) is 32.4 Å². The molecule has 0 spiro atoms. The molecule has 1 saturated heterocycles. The lowest BCUT2D eigenvalue weighted by atomic mass is 10.0. The molecular formula is C17H26N6O. The summed E-state index contributed by atoms with van der Waals surface area (Å²) in [5, 5.41) is 25.5. The molecule has 0 saturated carbocycles. The van der Waals surface area contributed by atoms with E-state index in [1.165, 1.54) is 12.0 Å². The van der Waals surface area contributed by atoms with Gasteiger partial charge in [-0.3, -0.25) is 4.68 Å². The molecule has 2 N–H and O–H groups in total. The first kappa shape index (κ1) is 16.9. The summed E-state index contributed by atoms with van der Waals surface area (Å²) in [6, 6.07) is 4.38. The van der Waals surface area contributed by atoms with E-state index in [1.54, 1.807) is 6.20 Å². The fourth-order valence-corrected chi connectivity index (χ4v) is 3.36. The Balaban J connectivity index is 1.61. The molecule has 3 rings (SSSR count). The van der Waals surface area contributed by atoms with Gasteiger partial charge in [-0.05, 0) is 38.8 Å². The lowest BCUT2D eigenvalue weighted by Gasteiger charge is -2.33. The van der Waals surface area contributed by atoms with Gasteiger partial charge in [-0.1, -0.05) is 0 Å². The Labute approximate surface area is 142 Å². The number of anilines is 1. The van der Waals surface area contributed by atoms with E-state index in [4.69, 9.17) is 5.11 Å². The summed E-state index contributed by atoms with van der Waals surface area (Å²) in [4.78, 5) is 2.29. The van der Waals surface area contributed by atoms with Gasteiger partial charge in [0.15, 0.2) is 5.82 Å². The van der Waals surface area contributed by atoms with Crippen molar-refractivity contribution in [3.63, 3.8) is 0 Å². The van der Waals surface area contributed by atoms with Gasteiger partial charge >= 0.3 is 0 Å². The number of aryl methyl sites for hydroxylation is 1. The highest BCUT2D eigenvalue weighted by Crippen LogP contribution is 2.18. The average Bonchev–Trinajstić information content (AvgIpc) is 2.88. The number of piperidine rings is 1. The Bertz CT molecular complexity index is 657. The Hall–Kier alpha value is -1.99. The molecule has 2 aromatic heterocycles. The summed E-state index contributed by atoms with van der Waals surface area (Å²) < 4.78 is 1.89. The molecule has 0 aromatic carbocycles. The van der Waals surface area contributed by atoms with E-state index in [0.29, 0.717) is 12.6 Å². The smallest absolute Gasteiger partial charge is 0.151 e. The van der Waals surface area contributed by atoms with Crippen LogP contribution in [0.15, 0.2) is 18.3 Å². The van der Waals surface area contributed by atoms with Gasteiger partial charge in [0.2, 0.25) is 0 Å². The minimum Gasteiger partial charge on any atom is -0.394 e. The van der Waals surface area contributed by atoms with Crippen molar-refractivity contribution in [3.8, 4) is 0 Å². The van der Waals surface area contributed by atoms with Crippen LogP contribution >= 0.6 is 0 Å². The van der Waals surface area contributed by atoms with Crippen molar-refractivity contribution in [2.75, 3.05) is 24.6 Å². The largest absolute Gasteiger partial charge is 0.394 e. The van der Waals surface area contributed by atoms with Crippen LogP contribution in [0.3, 0.4) is 0 Å². The first-order valence-electron chi connectivity index (χ1n) is 8.59. The number of nitrogens with zero attached hydrogens (tertiary/aromatic N) is 5. The van der Waals surface area contributed by atoms with Gasteiger partial charge in [-0.25, -0.2) is 0 Å². The van der Waals surface area contributed by atoms with E-state index in [0.717, 1.165) is 43.3 Å². The predicted molar refractivity (Wildman–Crippen MR) is 92.9 cm³/mol. The molecule has 24 heavy (non-hydrogen) atoms. The van der Waals surface area contributed by atoms with E-state index in [1.807, 2.05) is 23.7 Å². The standard InChI is InChI=1S/C17H26N6O/c1-13-16(14(2)23(21-13)9-10-24)11-18-15-5-4-8-22(12-15)17-6-3-7-19-20-17/h3,6-7,15,18,24H,4-5,8-12H2,1-2H3/t15-/m1/s1. The van der Waals surface area contributed by atoms with Crippen LogP contribution in [-0.4, -0.2) is 50.8 Å². The van der Waals surface area contributed by atoms with E-state index >= 15 is 0 Å². The third-order valence-corrected chi connectivity index (χ3v) is 4.71. The minimum atomic E-state index is 0.116. The molecule has 7 heteroatoms. The molecule has 130 valence electrons. The number of nitrogens with one attached hydrogen (secondary N) is 1. The molecule has 1 aliphatic rings. The Morgan fingerprint density at radius 2 is 2.25 bits per heavy atom. The monoisotopic (exact) mass is 330 g/mol. The number of aliphatic hydroxyl groups excluding tert-OH is 1. The molecule has 0 radical (unpaired) electrons. The molecule has 0 amide bonds. The number of hydrogen-bond acceptors (Lipinski definition) is 6. The second-order valence-electron chi connectivity index (χ2n) is 6.34. The van der Waals surface area contributed by atoms with Crippen LogP contribution in [0.1, 0.15) is 29.8 Å². The Kier molecular flexibility index (Phi) is 5.42. The van der Waals surface area contributed by atoms with Gasteiger partial charge in [0.1, 0.15) is 0 Å². The normalized spacial score (nSPS) is 18.1. The first-order chi connectivity index (χ1) is 11.7. The first-order valence-corrected chi connectivity index (χ1v) is 8.59. The van der Waals surface area contributed by atoms with Crippen LogP contribution in [0.5, 0.6) is 0 Å². The van der Waals surface area contributed by atoms with Gasteiger partial charge in [0.05, 0.1) is 18.8 Å². The summed E-state index contributed by atoms with van der Waals surface area (Å²) in [6.45, 7) is 7.55. The van der Waals surface area contributed by atoms with Crippen LogP contribution in [0.25, 0.3) is 0 Å². The lowest BCUT2D eigenvalue weighted by Crippen LogP contribution is -2.46. The SMILES string of the molecule is Cc1nn(CCO)c(C)c1CN[C@@H]1CCCN(c2cccnn2)C1. The maximum atomic E-state index is 9.12. The third kappa shape index (κ3) is 3.73. The lowest BCUT2D eigenvalue weighted by molar-refractivity contribution is 0.267. The summed E-state index contributed by atoms with van der Waals surface area (Å²) in [6.07, 6.45) is 4.02. The van der Waals surface area contributed by atoms with Crippen molar-refractivity contribution in [2.45, 2.75) is 45.8 Å². The van der Waals surface area contributed by atoms with Crippen LogP contribution in [-0.2, 0) is 13.1 Å². The molecule has 0 unspecified atom stereocenters. The molecule has 7 nitrogen and oxygen atoms in total. The van der Waals surface area contributed by atoms with Gasteiger partial charge in [0.25, 0.3) is 0 Å². The zero-order valence-electron chi connectivity index (χ0n) is 14.4. The zero-order chi connectivity index (χ0) is 16.9. The van der Waals surface area contributed by atoms with E-state index in [9.17, 15) is 0 Å². The highest BCUT2D eigenvalue weighted by molar-refractivity contribution is 5.37. The molecular weight excluding hydrogens is 304 g/mol. The molecule has 1 atom stereocenters. The van der Waals surface area contributed by atoms with Gasteiger partial charge < -0.3 is 15.3 Å². The van der Waals surface area contributed by atoms with Gasteiger partial charge in [-0.15, -0.1) is 5.10 Å².